The van der Waals surface area contributed by atoms with E-state index in [9.17, 15) is 0 Å². The highest BCUT2D eigenvalue weighted by Crippen LogP contribution is 2.46. The Morgan fingerprint density at radius 1 is 1.06 bits per heavy atom. The number of likely N-dealkylation sites (tertiary alicyclic amines) is 1. The maximum Gasteiger partial charge on any atom is 0.00949 e. The fourth-order valence-corrected chi connectivity index (χ4v) is 3.64. The molecule has 0 aromatic rings. The van der Waals surface area contributed by atoms with Crippen LogP contribution in [0.4, 0.5) is 0 Å². The summed E-state index contributed by atoms with van der Waals surface area (Å²) < 4.78 is 0. The number of halogens is 1. The smallest absolute Gasteiger partial charge is 0.00949 e. The molecule has 1 spiro atoms. The first-order valence-corrected chi connectivity index (χ1v) is 7.96. The molecule has 2 fully saturated rings. The summed E-state index contributed by atoms with van der Waals surface area (Å²) in [5.41, 5.74) is 1.20. The van der Waals surface area contributed by atoms with E-state index in [2.05, 4.69) is 34.7 Å². The zero-order valence-corrected chi connectivity index (χ0v) is 12.5. The first-order chi connectivity index (χ1) is 7.55. The quantitative estimate of drug-likeness (QED) is 0.708. The lowest BCUT2D eigenvalue weighted by Gasteiger charge is -2.42. The van der Waals surface area contributed by atoms with Gasteiger partial charge in [0.05, 0.1) is 0 Å². The summed E-state index contributed by atoms with van der Waals surface area (Å²) in [4.78, 5) is 2.69. The highest BCUT2D eigenvalue weighted by atomic mass is 79.9. The Morgan fingerprint density at radius 3 is 2.12 bits per heavy atom. The van der Waals surface area contributed by atoms with Crippen molar-refractivity contribution in [1.82, 2.24) is 4.90 Å². The maximum absolute atomic E-state index is 3.63. The van der Waals surface area contributed by atoms with E-state index in [1.165, 1.54) is 58.2 Å². The Kier molecular flexibility index (Phi) is 4.01. The number of nitrogens with zero attached hydrogens (tertiary/aromatic N) is 1. The van der Waals surface area contributed by atoms with Gasteiger partial charge in [-0.05, 0) is 49.6 Å². The third kappa shape index (κ3) is 3.01. The Morgan fingerprint density at radius 2 is 1.62 bits per heavy atom. The molecule has 1 aliphatic carbocycles. The van der Waals surface area contributed by atoms with Gasteiger partial charge in [-0.25, -0.2) is 0 Å². The zero-order chi connectivity index (χ0) is 11.6. The van der Waals surface area contributed by atoms with Crippen LogP contribution in [0.2, 0.25) is 0 Å². The Hall–Kier alpha value is 0.440. The Bertz CT molecular complexity index is 221. The summed E-state index contributed by atoms with van der Waals surface area (Å²) in [6, 6.07) is 0. The number of rotatable bonds is 3. The van der Waals surface area contributed by atoms with E-state index < -0.39 is 0 Å². The third-order valence-corrected chi connectivity index (χ3v) is 6.11. The van der Waals surface area contributed by atoms with E-state index in [0.29, 0.717) is 5.41 Å². The van der Waals surface area contributed by atoms with E-state index in [1.807, 2.05) is 0 Å². The molecule has 1 aliphatic heterocycles. The normalized spacial score (nSPS) is 26.4. The highest BCUT2D eigenvalue weighted by Gasteiger charge is 2.37. The molecule has 2 rings (SSSR count). The van der Waals surface area contributed by atoms with Crippen molar-refractivity contribution in [3.8, 4) is 0 Å². The molecule has 0 N–H and O–H groups in total. The summed E-state index contributed by atoms with van der Waals surface area (Å²) in [7, 11) is 0. The monoisotopic (exact) mass is 287 g/mol. The minimum Gasteiger partial charge on any atom is -0.303 e. The second-order valence-electron chi connectivity index (χ2n) is 6.78. The van der Waals surface area contributed by atoms with Gasteiger partial charge < -0.3 is 4.90 Å². The van der Waals surface area contributed by atoms with Gasteiger partial charge in [-0.1, -0.05) is 42.6 Å². The molecular weight excluding hydrogens is 262 g/mol. The van der Waals surface area contributed by atoms with Crippen molar-refractivity contribution in [3.63, 3.8) is 0 Å². The molecule has 0 aromatic carbocycles. The van der Waals surface area contributed by atoms with Crippen LogP contribution in [0.1, 0.15) is 52.4 Å². The van der Waals surface area contributed by atoms with Crippen LogP contribution in [-0.4, -0.2) is 29.9 Å². The third-order valence-electron chi connectivity index (χ3n) is 4.59. The van der Waals surface area contributed by atoms with Crippen molar-refractivity contribution in [3.05, 3.63) is 0 Å². The van der Waals surface area contributed by atoms with Crippen molar-refractivity contribution >= 4 is 15.9 Å². The summed E-state index contributed by atoms with van der Waals surface area (Å²) in [5.74, 6) is 0. The van der Waals surface area contributed by atoms with E-state index in [-0.39, 0.29) is 0 Å². The lowest BCUT2D eigenvalue weighted by Crippen LogP contribution is -2.43. The van der Waals surface area contributed by atoms with E-state index >= 15 is 0 Å². The number of alkyl halides is 1. The van der Waals surface area contributed by atoms with Gasteiger partial charge in [0.15, 0.2) is 0 Å². The molecule has 0 atom stereocenters. The SMILES string of the molecule is CC(C)(CBr)CN1CCC2(CCCC2)CC1. The van der Waals surface area contributed by atoms with Gasteiger partial charge in [-0.2, -0.15) is 0 Å². The van der Waals surface area contributed by atoms with Gasteiger partial charge in [-0.15, -0.1) is 0 Å². The minimum absolute atomic E-state index is 0.431. The van der Waals surface area contributed by atoms with E-state index in [0.717, 1.165) is 10.7 Å². The van der Waals surface area contributed by atoms with Gasteiger partial charge in [-0.3, -0.25) is 0 Å². The van der Waals surface area contributed by atoms with Crippen LogP contribution in [0.5, 0.6) is 0 Å². The zero-order valence-electron chi connectivity index (χ0n) is 10.9. The predicted molar refractivity (Wildman–Crippen MR) is 74.2 cm³/mol. The number of hydrogen-bond acceptors (Lipinski definition) is 1. The lowest BCUT2D eigenvalue weighted by atomic mass is 9.76. The second kappa shape index (κ2) is 4.97. The first-order valence-electron chi connectivity index (χ1n) is 6.84. The van der Waals surface area contributed by atoms with Gasteiger partial charge >= 0.3 is 0 Å². The van der Waals surface area contributed by atoms with Crippen molar-refractivity contribution in [1.29, 1.82) is 0 Å². The molecule has 1 nitrogen and oxygen atoms in total. The average Bonchev–Trinajstić information content (AvgIpc) is 2.71. The van der Waals surface area contributed by atoms with Crippen LogP contribution in [0.3, 0.4) is 0 Å². The summed E-state index contributed by atoms with van der Waals surface area (Å²) in [5, 5.41) is 1.11. The first kappa shape index (κ1) is 12.9. The number of hydrogen-bond donors (Lipinski definition) is 0. The van der Waals surface area contributed by atoms with Crippen LogP contribution < -0.4 is 0 Å². The molecule has 94 valence electrons. The van der Waals surface area contributed by atoms with Gasteiger partial charge in [0, 0.05) is 11.9 Å². The van der Waals surface area contributed by atoms with E-state index in [4.69, 9.17) is 0 Å². The van der Waals surface area contributed by atoms with Gasteiger partial charge in [0.25, 0.3) is 0 Å². The predicted octanol–water partition coefficient (Wildman–Crippen LogP) is 4.06. The lowest BCUT2D eigenvalue weighted by molar-refractivity contribution is 0.0843. The van der Waals surface area contributed by atoms with Crippen LogP contribution in [0.15, 0.2) is 0 Å². The fraction of sp³-hybridized carbons (Fsp3) is 1.00. The van der Waals surface area contributed by atoms with Crippen molar-refractivity contribution in [2.45, 2.75) is 52.4 Å². The fourth-order valence-electron chi connectivity index (χ4n) is 3.46. The van der Waals surface area contributed by atoms with Crippen LogP contribution >= 0.6 is 15.9 Å². The topological polar surface area (TPSA) is 3.24 Å². The van der Waals surface area contributed by atoms with E-state index in [1.54, 1.807) is 0 Å². The maximum atomic E-state index is 3.63. The molecule has 0 amide bonds. The molecule has 2 aliphatic rings. The Balaban J connectivity index is 1.81. The summed E-state index contributed by atoms with van der Waals surface area (Å²) >= 11 is 3.63. The molecule has 0 radical (unpaired) electrons. The standard InChI is InChI=1S/C14H26BrN/c1-13(2,11-15)12-16-9-7-14(8-10-16)5-3-4-6-14/h3-12H2,1-2H3. The van der Waals surface area contributed by atoms with Crippen molar-refractivity contribution < 1.29 is 0 Å². The van der Waals surface area contributed by atoms with Gasteiger partial charge in [0.2, 0.25) is 0 Å². The molecular formula is C14H26BrN. The molecule has 0 unspecified atom stereocenters. The molecule has 2 heteroatoms. The highest BCUT2D eigenvalue weighted by molar-refractivity contribution is 9.09. The average molecular weight is 288 g/mol. The second-order valence-corrected chi connectivity index (χ2v) is 7.34. The van der Waals surface area contributed by atoms with Gasteiger partial charge in [0.1, 0.15) is 0 Å². The summed E-state index contributed by atoms with van der Waals surface area (Å²) in [6.45, 7) is 8.67. The molecule has 1 saturated carbocycles. The van der Waals surface area contributed by atoms with Crippen LogP contribution in [-0.2, 0) is 0 Å². The summed E-state index contributed by atoms with van der Waals surface area (Å²) in [6.07, 6.45) is 8.95. The molecule has 16 heavy (non-hydrogen) atoms. The molecule has 0 bridgehead atoms. The molecule has 1 saturated heterocycles. The van der Waals surface area contributed by atoms with Crippen LogP contribution in [0.25, 0.3) is 0 Å². The van der Waals surface area contributed by atoms with Crippen molar-refractivity contribution in [2.75, 3.05) is 25.0 Å². The largest absolute Gasteiger partial charge is 0.303 e. The Labute approximate surface area is 109 Å². The molecule has 0 aromatic heterocycles. The number of piperidine rings is 1. The van der Waals surface area contributed by atoms with Crippen molar-refractivity contribution in [2.24, 2.45) is 10.8 Å². The molecule has 1 heterocycles. The minimum atomic E-state index is 0.431. The van der Waals surface area contributed by atoms with Crippen LogP contribution in [0, 0.1) is 10.8 Å².